The number of rotatable bonds is 0. The largest absolute Gasteiger partial charge is 0.410 e. The third kappa shape index (κ3) is 8.15. The van der Waals surface area contributed by atoms with Gasteiger partial charge in [-0.3, -0.25) is 4.79 Å². The molecular formula is C25H24AtN13O6. The molecule has 0 saturated heterocycles. The summed E-state index contributed by atoms with van der Waals surface area (Å²) in [6.45, 7) is 0. The summed E-state index contributed by atoms with van der Waals surface area (Å²) in [5, 5.41) is 64.0. The molecule has 20 heteroatoms. The summed E-state index contributed by atoms with van der Waals surface area (Å²) in [5.41, 5.74) is 3.54. The number of benzene rings is 3. The molecule has 0 saturated carbocycles. The van der Waals surface area contributed by atoms with Crippen molar-refractivity contribution in [3.8, 4) is 0 Å². The van der Waals surface area contributed by atoms with Crippen LogP contribution in [0.4, 0.5) is 0 Å². The first-order valence-electron chi connectivity index (χ1n) is 12.0. The minimum atomic E-state index is -0.555. The molecule has 0 spiro atoms. The van der Waals surface area contributed by atoms with Crippen molar-refractivity contribution in [3.05, 3.63) is 101 Å². The number of fused-ring (bicyclic) bond motifs is 4. The van der Waals surface area contributed by atoms with Crippen LogP contribution in [0.15, 0.2) is 95.9 Å². The first-order chi connectivity index (χ1) is 21.4. The van der Waals surface area contributed by atoms with Gasteiger partial charge in [0.05, 0.1) is 5.39 Å². The minimum absolute atomic E-state index is 0. The van der Waals surface area contributed by atoms with Gasteiger partial charge in [0.15, 0.2) is 0 Å². The monoisotopic (exact) mass is 812 g/mol. The van der Waals surface area contributed by atoms with Crippen LogP contribution < -0.4 is 5.56 Å². The van der Waals surface area contributed by atoms with Crippen molar-refractivity contribution >= 4 is 44.1 Å². The van der Waals surface area contributed by atoms with Crippen molar-refractivity contribution in [3.63, 3.8) is 0 Å². The molecule has 0 amide bonds. The number of aromatic nitrogens is 13. The van der Waals surface area contributed by atoms with Gasteiger partial charge in [-0.05, 0) is 74.2 Å². The van der Waals surface area contributed by atoms with E-state index in [1.807, 2.05) is 24.3 Å². The number of para-hydroxylation sites is 2. The van der Waals surface area contributed by atoms with E-state index in [2.05, 4.69) is 46.2 Å². The second-order valence-electron chi connectivity index (χ2n) is 8.06. The van der Waals surface area contributed by atoms with Gasteiger partial charge in [0.2, 0.25) is 5.65 Å². The first-order valence-corrected chi connectivity index (χ1v) is 13.3. The molecule has 3 aromatic carbocycles. The fraction of sp³-hybridized carbons (Fsp3) is 0.0400. The van der Waals surface area contributed by atoms with Crippen molar-refractivity contribution in [2.45, 2.75) is 7.43 Å². The predicted octanol–water partition coefficient (Wildman–Crippen LogP) is 1.51. The molecule has 8 aromatic rings. The summed E-state index contributed by atoms with van der Waals surface area (Å²) < 4.78 is 7.06. The Labute approximate surface area is 267 Å². The molecule has 0 bridgehead atoms. The van der Waals surface area contributed by atoms with Crippen molar-refractivity contribution in [2.24, 2.45) is 0 Å². The van der Waals surface area contributed by atoms with Crippen LogP contribution in [0.3, 0.4) is 0 Å². The average molecular weight is 813 g/mol. The van der Waals surface area contributed by atoms with E-state index in [4.69, 9.17) is 24.0 Å². The molecule has 0 unspecified atom stereocenters. The Bertz CT molecular complexity index is 1990. The van der Waals surface area contributed by atoms with Crippen LogP contribution in [-0.2, 0) is 0 Å². The third-order valence-electron chi connectivity index (χ3n) is 5.41. The third-order valence-corrected chi connectivity index (χ3v) is 5.41. The standard InChI is InChI=1S/C7H5N3O2.2C6H5N3O.C5H4N4O.CH4.AtHO/c11-7-5-3-1-2-4-6(5)8-9-10(7)12;2*10-9-6-4-2-1-3-5(6)7-8-9;10-9-5-4(7-8-9)2-1-3-6-5;;1-2/h1-4,12H;2*1-4,10H;1-3,10H;1H4;2H. The maximum absolute atomic E-state index is 11.1. The molecule has 0 aliphatic heterocycles. The normalized spacial score (nSPS) is 9.82. The minimum Gasteiger partial charge on any atom is -0.410 e. The first kappa shape index (κ1) is 33.6. The molecular weight excluding hydrogens is 788 g/mol. The number of pyridine rings is 1. The van der Waals surface area contributed by atoms with E-state index in [0.29, 0.717) is 49.0 Å². The van der Waals surface area contributed by atoms with Crippen LogP contribution >= 0.6 is 0 Å². The molecule has 8 rings (SSSR count). The maximum atomic E-state index is 11.1. The van der Waals surface area contributed by atoms with Gasteiger partial charge < -0.3 is 20.8 Å². The molecule has 0 aliphatic carbocycles. The van der Waals surface area contributed by atoms with Crippen LogP contribution in [0, 0.1) is 25.2 Å². The van der Waals surface area contributed by atoms with E-state index in [0.717, 1.165) is 34.8 Å². The Kier molecular flexibility index (Phi) is 12.0. The van der Waals surface area contributed by atoms with Gasteiger partial charge in [0.1, 0.15) is 33.1 Å². The van der Waals surface area contributed by atoms with Crippen molar-refractivity contribution in [1.29, 1.82) is 0 Å². The Hall–Kier alpha value is -5.88. The summed E-state index contributed by atoms with van der Waals surface area (Å²) in [4.78, 5) is 17.4. The fourth-order valence-electron chi connectivity index (χ4n) is 3.45. The van der Waals surface area contributed by atoms with E-state index in [9.17, 15) is 4.79 Å². The summed E-state index contributed by atoms with van der Waals surface area (Å²) in [7, 11) is 0. The van der Waals surface area contributed by atoms with Gasteiger partial charge in [-0.25, -0.2) is 4.98 Å². The van der Waals surface area contributed by atoms with E-state index in [-0.39, 0.29) is 12.3 Å². The van der Waals surface area contributed by atoms with E-state index in [1.165, 1.54) is 0 Å². The summed E-state index contributed by atoms with van der Waals surface area (Å²) in [5.74, 6) is 0. The molecule has 19 nitrogen and oxygen atoms in total. The van der Waals surface area contributed by atoms with Gasteiger partial charge in [-0.1, -0.05) is 58.4 Å². The van der Waals surface area contributed by atoms with Crippen molar-refractivity contribution < 1.29 is 49.2 Å². The molecule has 45 heavy (non-hydrogen) atoms. The van der Waals surface area contributed by atoms with Crippen molar-refractivity contribution in [2.75, 3.05) is 0 Å². The average Bonchev–Trinajstić information content (AvgIpc) is 3.78. The van der Waals surface area contributed by atoms with Gasteiger partial charge >= 0.3 is 33.9 Å². The SMILES string of the molecule is C.O=c1c2ccccc2nnn1O.O[At].On1nnc2ccccc21.On1nnc2ccccc21.On1nnc2cccnc21. The smallest absolute Gasteiger partial charge is 0.219 e. The molecule has 0 radical (unpaired) electrons. The molecule has 0 aliphatic rings. The molecule has 0 fully saturated rings. The zero-order valence-electron chi connectivity index (χ0n) is 22.0. The molecule has 5 N–H and O–H groups in total. The number of hydrogen-bond donors (Lipinski definition) is 5. The molecule has 232 valence electrons. The Morgan fingerprint density at radius 3 is 1.49 bits per heavy atom. The summed E-state index contributed by atoms with van der Waals surface area (Å²) in [6, 6.07) is 24.5. The zero-order valence-corrected chi connectivity index (χ0v) is 24.9. The van der Waals surface area contributed by atoms with Crippen LogP contribution in [0.1, 0.15) is 7.43 Å². The van der Waals surface area contributed by atoms with E-state index in [1.54, 1.807) is 66.9 Å². The Balaban J connectivity index is 0.000000160. The number of hydrogen-bond acceptors (Lipinski definition) is 15. The van der Waals surface area contributed by atoms with Gasteiger partial charge in [-0.2, -0.15) is 0 Å². The van der Waals surface area contributed by atoms with Gasteiger partial charge in [0.25, 0.3) is 0 Å². The summed E-state index contributed by atoms with van der Waals surface area (Å²) >= 11 is 0.722. The van der Waals surface area contributed by atoms with E-state index >= 15 is 0 Å². The van der Waals surface area contributed by atoms with Crippen LogP contribution in [0.5, 0.6) is 0 Å². The second kappa shape index (κ2) is 16.1. The molecule has 5 aromatic heterocycles. The Morgan fingerprint density at radius 2 is 0.933 bits per heavy atom. The van der Waals surface area contributed by atoms with Crippen molar-refractivity contribution in [1.82, 2.24) is 65.6 Å². The van der Waals surface area contributed by atoms with Gasteiger partial charge in [0, 0.05) is 6.20 Å². The second-order valence-corrected chi connectivity index (χ2v) is 8.06. The van der Waals surface area contributed by atoms with E-state index < -0.39 is 5.56 Å². The quantitative estimate of drug-likeness (QED) is 0.136. The fourth-order valence-corrected chi connectivity index (χ4v) is 3.45. The number of nitrogens with zero attached hydrogens (tertiary/aromatic N) is 13. The van der Waals surface area contributed by atoms with Crippen LogP contribution in [0.2, 0.25) is 0 Å². The topological polar surface area (TPSA) is 254 Å². The van der Waals surface area contributed by atoms with Crippen LogP contribution in [0.25, 0.3) is 44.1 Å². The predicted molar refractivity (Wildman–Crippen MR) is 152 cm³/mol. The maximum Gasteiger partial charge on any atom is 0.219 e. The summed E-state index contributed by atoms with van der Waals surface area (Å²) in [6.07, 6.45) is 1.57. The van der Waals surface area contributed by atoms with Gasteiger partial charge in [-0.15, -0.1) is 20.4 Å². The molecule has 5 heterocycles. The molecule has 0 atom stereocenters. The van der Waals surface area contributed by atoms with Crippen LogP contribution in [-0.4, -0.2) is 89.6 Å². The Morgan fingerprint density at radius 1 is 0.511 bits per heavy atom. The zero-order chi connectivity index (χ0) is 31.5.